The molecular weight excluding hydrogens is 278 g/mol. The number of rotatable bonds is 5. The number of carbonyl (C=O) groups excluding carboxylic acids is 1. The van der Waals surface area contributed by atoms with Crippen LogP contribution in [0.2, 0.25) is 0 Å². The molecule has 1 fully saturated rings. The fourth-order valence-corrected chi connectivity index (χ4v) is 3.88. The normalized spacial score (nSPS) is 16.5. The van der Waals surface area contributed by atoms with Crippen LogP contribution in [0.15, 0.2) is 18.2 Å². The molecule has 0 spiro atoms. The Kier molecular flexibility index (Phi) is 6.62. The molecule has 1 aromatic rings. The zero-order valence-corrected chi connectivity index (χ0v) is 14.1. The molecule has 2 rings (SSSR count). The van der Waals surface area contributed by atoms with Gasteiger partial charge in [0.05, 0.1) is 5.75 Å². The van der Waals surface area contributed by atoms with Crippen LogP contribution in [0, 0.1) is 13.8 Å². The second kappa shape index (κ2) is 8.47. The van der Waals surface area contributed by atoms with Gasteiger partial charge in [-0.15, -0.1) is 11.8 Å². The molecule has 0 saturated heterocycles. The summed E-state index contributed by atoms with van der Waals surface area (Å²) < 4.78 is 0. The second-order valence-electron chi connectivity index (χ2n) is 6.24. The first kappa shape index (κ1) is 16.4. The first-order valence-electron chi connectivity index (χ1n) is 8.08. The molecule has 0 atom stereocenters. The average molecular weight is 305 g/mol. The molecule has 0 bridgehead atoms. The van der Waals surface area contributed by atoms with E-state index in [0.717, 1.165) is 18.6 Å². The number of aryl methyl sites for hydroxylation is 2. The fourth-order valence-electron chi connectivity index (χ4n) is 3.11. The number of amides is 1. The largest absolute Gasteiger partial charge is 0.353 e. The summed E-state index contributed by atoms with van der Waals surface area (Å²) in [5.74, 6) is 1.70. The lowest BCUT2D eigenvalue weighted by molar-refractivity contribution is -0.119. The molecule has 116 valence electrons. The summed E-state index contributed by atoms with van der Waals surface area (Å²) in [6, 6.07) is 7.03. The lowest BCUT2D eigenvalue weighted by Crippen LogP contribution is -2.35. The zero-order valence-electron chi connectivity index (χ0n) is 13.3. The van der Waals surface area contributed by atoms with E-state index in [1.807, 2.05) is 0 Å². The molecule has 1 aromatic carbocycles. The Morgan fingerprint density at radius 1 is 1.10 bits per heavy atom. The third-order valence-electron chi connectivity index (χ3n) is 4.00. The molecule has 1 amide bonds. The van der Waals surface area contributed by atoms with E-state index in [0.29, 0.717) is 11.8 Å². The highest BCUT2D eigenvalue weighted by molar-refractivity contribution is 7.99. The maximum Gasteiger partial charge on any atom is 0.230 e. The van der Waals surface area contributed by atoms with Gasteiger partial charge in [-0.3, -0.25) is 4.79 Å². The van der Waals surface area contributed by atoms with Crippen molar-refractivity contribution in [3.05, 3.63) is 34.9 Å². The molecule has 1 aliphatic carbocycles. The molecule has 2 nitrogen and oxygen atoms in total. The molecule has 3 heteroatoms. The molecule has 0 aliphatic heterocycles. The van der Waals surface area contributed by atoms with Crippen LogP contribution < -0.4 is 5.32 Å². The summed E-state index contributed by atoms with van der Waals surface area (Å²) in [6.45, 7) is 4.25. The van der Waals surface area contributed by atoms with Crippen LogP contribution in [0.1, 0.15) is 55.2 Å². The summed E-state index contributed by atoms with van der Waals surface area (Å²) >= 11 is 1.71. The highest BCUT2D eigenvalue weighted by atomic mass is 32.2. The summed E-state index contributed by atoms with van der Waals surface area (Å²) in [6.07, 6.45) is 7.50. The first-order valence-corrected chi connectivity index (χ1v) is 9.23. The monoisotopic (exact) mass is 305 g/mol. The fraction of sp³-hybridized carbons (Fsp3) is 0.611. The molecule has 1 saturated carbocycles. The van der Waals surface area contributed by atoms with Gasteiger partial charge < -0.3 is 5.32 Å². The van der Waals surface area contributed by atoms with Crippen molar-refractivity contribution in [2.24, 2.45) is 0 Å². The maximum absolute atomic E-state index is 12.0. The lowest BCUT2D eigenvalue weighted by atomic mass is 10.1. The number of hydrogen-bond donors (Lipinski definition) is 1. The van der Waals surface area contributed by atoms with Crippen LogP contribution >= 0.6 is 11.8 Å². The van der Waals surface area contributed by atoms with Crippen molar-refractivity contribution in [2.45, 2.75) is 64.2 Å². The van der Waals surface area contributed by atoms with Gasteiger partial charge >= 0.3 is 0 Å². The van der Waals surface area contributed by atoms with E-state index in [4.69, 9.17) is 0 Å². The Balaban J connectivity index is 1.71. The quantitative estimate of drug-likeness (QED) is 0.818. The summed E-state index contributed by atoms with van der Waals surface area (Å²) in [4.78, 5) is 12.0. The minimum absolute atomic E-state index is 0.205. The highest BCUT2D eigenvalue weighted by Gasteiger charge is 2.14. The van der Waals surface area contributed by atoms with Crippen molar-refractivity contribution in [3.8, 4) is 0 Å². The van der Waals surface area contributed by atoms with Crippen LogP contribution in [0.5, 0.6) is 0 Å². The number of carbonyl (C=O) groups is 1. The van der Waals surface area contributed by atoms with Crippen molar-refractivity contribution >= 4 is 17.7 Å². The van der Waals surface area contributed by atoms with Gasteiger partial charge in [0, 0.05) is 11.8 Å². The molecule has 0 aromatic heterocycles. The molecule has 0 radical (unpaired) electrons. The van der Waals surface area contributed by atoms with Gasteiger partial charge in [-0.25, -0.2) is 0 Å². The van der Waals surface area contributed by atoms with Crippen LogP contribution in [0.3, 0.4) is 0 Å². The van der Waals surface area contributed by atoms with Gasteiger partial charge in [0.2, 0.25) is 5.91 Å². The smallest absolute Gasteiger partial charge is 0.230 e. The van der Waals surface area contributed by atoms with E-state index in [1.165, 1.54) is 42.4 Å². The van der Waals surface area contributed by atoms with Gasteiger partial charge in [-0.05, 0) is 32.3 Å². The number of thioether (sulfide) groups is 1. The Bertz CT molecular complexity index is 444. The van der Waals surface area contributed by atoms with E-state index in [2.05, 4.69) is 37.4 Å². The van der Waals surface area contributed by atoms with Crippen molar-refractivity contribution in [2.75, 3.05) is 5.75 Å². The van der Waals surface area contributed by atoms with Gasteiger partial charge in [0.1, 0.15) is 0 Å². The first-order chi connectivity index (χ1) is 10.1. The minimum atomic E-state index is 0.205. The van der Waals surface area contributed by atoms with Crippen molar-refractivity contribution < 1.29 is 4.79 Å². The van der Waals surface area contributed by atoms with Crippen LogP contribution in [0.25, 0.3) is 0 Å². The lowest BCUT2D eigenvalue weighted by Gasteiger charge is -2.16. The predicted octanol–water partition coefficient (Wildman–Crippen LogP) is 4.38. The Hall–Kier alpha value is -0.960. The van der Waals surface area contributed by atoms with Crippen molar-refractivity contribution in [1.29, 1.82) is 0 Å². The molecule has 1 aliphatic rings. The minimum Gasteiger partial charge on any atom is -0.353 e. The highest BCUT2D eigenvalue weighted by Crippen LogP contribution is 2.18. The molecule has 21 heavy (non-hydrogen) atoms. The van der Waals surface area contributed by atoms with Gasteiger partial charge in [0.25, 0.3) is 0 Å². The van der Waals surface area contributed by atoms with Gasteiger partial charge in [0.15, 0.2) is 0 Å². The van der Waals surface area contributed by atoms with E-state index in [-0.39, 0.29) is 5.91 Å². The number of hydrogen-bond acceptors (Lipinski definition) is 2. The van der Waals surface area contributed by atoms with E-state index in [9.17, 15) is 4.79 Å². The molecule has 1 N–H and O–H groups in total. The Labute approximate surface area is 133 Å². The third kappa shape index (κ3) is 6.13. The molecule has 0 heterocycles. The van der Waals surface area contributed by atoms with E-state index in [1.54, 1.807) is 11.8 Å². The van der Waals surface area contributed by atoms with Crippen molar-refractivity contribution in [1.82, 2.24) is 5.32 Å². The van der Waals surface area contributed by atoms with E-state index >= 15 is 0 Å². The second-order valence-corrected chi connectivity index (χ2v) is 7.23. The van der Waals surface area contributed by atoms with Crippen LogP contribution in [-0.4, -0.2) is 17.7 Å². The molecular formula is C18H27NOS. The average Bonchev–Trinajstić information content (AvgIpc) is 2.66. The summed E-state index contributed by atoms with van der Waals surface area (Å²) in [7, 11) is 0. The van der Waals surface area contributed by atoms with Crippen LogP contribution in [0.4, 0.5) is 0 Å². The SMILES string of the molecule is Cc1cc(C)cc(CSCC(=O)NC2CCCCCC2)c1. The van der Waals surface area contributed by atoms with Gasteiger partial charge in [-0.2, -0.15) is 0 Å². The standard InChI is InChI=1S/C18H27NOS/c1-14-9-15(2)11-16(10-14)12-21-13-18(20)19-17-7-5-3-4-6-8-17/h9-11,17H,3-8,12-13H2,1-2H3,(H,19,20). The zero-order chi connectivity index (χ0) is 15.1. The third-order valence-corrected chi connectivity index (χ3v) is 5.01. The van der Waals surface area contributed by atoms with Crippen LogP contribution in [-0.2, 0) is 10.5 Å². The predicted molar refractivity (Wildman–Crippen MR) is 91.7 cm³/mol. The maximum atomic E-state index is 12.0. The Morgan fingerprint density at radius 3 is 2.33 bits per heavy atom. The number of nitrogens with one attached hydrogen (secondary N) is 1. The van der Waals surface area contributed by atoms with Crippen molar-refractivity contribution in [3.63, 3.8) is 0 Å². The molecule has 0 unspecified atom stereocenters. The Morgan fingerprint density at radius 2 is 1.71 bits per heavy atom. The summed E-state index contributed by atoms with van der Waals surface area (Å²) in [5.41, 5.74) is 3.92. The number of benzene rings is 1. The van der Waals surface area contributed by atoms with E-state index < -0.39 is 0 Å². The van der Waals surface area contributed by atoms with Gasteiger partial charge in [-0.1, -0.05) is 55.0 Å². The topological polar surface area (TPSA) is 29.1 Å². The summed E-state index contributed by atoms with van der Waals surface area (Å²) in [5, 5.41) is 3.21.